The van der Waals surface area contributed by atoms with Gasteiger partial charge in [-0.3, -0.25) is 0 Å². The number of rotatable bonds is 4. The summed E-state index contributed by atoms with van der Waals surface area (Å²) in [6, 6.07) is 54.5. The molecule has 0 spiro atoms. The van der Waals surface area contributed by atoms with E-state index in [4.69, 9.17) is 8.83 Å². The molecule has 0 fully saturated rings. The molecule has 0 bridgehead atoms. The third kappa shape index (κ3) is 4.28. The van der Waals surface area contributed by atoms with Crippen molar-refractivity contribution in [2.24, 2.45) is 0 Å². The normalized spacial score (nSPS) is 11.5. The smallest absolute Gasteiger partial charge is 0.136 e. The third-order valence-corrected chi connectivity index (χ3v) is 8.86. The van der Waals surface area contributed by atoms with Gasteiger partial charge in [-0.2, -0.15) is 5.26 Å². The van der Waals surface area contributed by atoms with Crippen molar-refractivity contribution < 1.29 is 8.83 Å². The van der Waals surface area contributed by atoms with Gasteiger partial charge in [0.15, 0.2) is 0 Å². The molecule has 2 heterocycles. The lowest BCUT2D eigenvalue weighted by molar-refractivity contribution is 0.668. The maximum Gasteiger partial charge on any atom is 0.136 e. The topological polar surface area (TPSA) is 50.1 Å². The molecule has 0 radical (unpaired) electrons. The number of furan rings is 2. The van der Waals surface area contributed by atoms with E-state index in [0.717, 1.165) is 88.4 Å². The van der Waals surface area contributed by atoms with Gasteiger partial charge in [0, 0.05) is 21.5 Å². The zero-order valence-electron chi connectivity index (χ0n) is 24.7. The van der Waals surface area contributed by atoms with Gasteiger partial charge in [0.25, 0.3) is 0 Å². The lowest BCUT2D eigenvalue weighted by atomic mass is 9.90. The highest BCUT2D eigenvalue weighted by molar-refractivity contribution is 6.13. The molecule has 9 aromatic rings. The molecule has 0 aliphatic carbocycles. The lowest BCUT2D eigenvalue weighted by Gasteiger charge is -2.14. The molecule has 214 valence electrons. The van der Waals surface area contributed by atoms with E-state index in [2.05, 4.69) is 91.0 Å². The van der Waals surface area contributed by atoms with Gasteiger partial charge in [0.2, 0.25) is 0 Å². The largest absolute Gasteiger partial charge is 0.456 e. The highest BCUT2D eigenvalue weighted by Crippen LogP contribution is 2.41. The zero-order valence-corrected chi connectivity index (χ0v) is 24.7. The zero-order chi connectivity index (χ0) is 30.6. The molecular formula is C43H25NO2. The van der Waals surface area contributed by atoms with Crippen LogP contribution in [0.25, 0.3) is 88.4 Å². The molecule has 3 heteroatoms. The summed E-state index contributed by atoms with van der Waals surface area (Å²) in [6.07, 6.45) is 0. The Labute approximate surface area is 265 Å². The van der Waals surface area contributed by atoms with Crippen molar-refractivity contribution in [2.45, 2.75) is 0 Å². The molecule has 46 heavy (non-hydrogen) atoms. The van der Waals surface area contributed by atoms with E-state index in [0.29, 0.717) is 5.56 Å². The average molecular weight is 588 g/mol. The molecule has 0 saturated carbocycles. The number of nitrogens with zero attached hydrogens (tertiary/aromatic N) is 1. The number of para-hydroxylation sites is 2. The Kier molecular flexibility index (Phi) is 5.88. The summed E-state index contributed by atoms with van der Waals surface area (Å²) in [6.45, 7) is 0. The second-order valence-corrected chi connectivity index (χ2v) is 11.7. The first-order valence-electron chi connectivity index (χ1n) is 15.3. The first-order valence-corrected chi connectivity index (χ1v) is 15.3. The number of nitriles is 1. The fraction of sp³-hybridized carbons (Fsp3) is 0. The van der Waals surface area contributed by atoms with Gasteiger partial charge in [-0.1, -0.05) is 84.9 Å². The molecule has 0 amide bonds. The Balaban J connectivity index is 1.31. The molecule has 0 aliphatic rings. The minimum absolute atomic E-state index is 0.623. The van der Waals surface area contributed by atoms with Gasteiger partial charge in [0.1, 0.15) is 22.3 Å². The Hall–Kier alpha value is -6.37. The molecule has 0 atom stereocenters. The quantitative estimate of drug-likeness (QED) is 0.206. The molecule has 0 aliphatic heterocycles. The van der Waals surface area contributed by atoms with Crippen LogP contribution in [-0.4, -0.2) is 0 Å². The summed E-state index contributed by atoms with van der Waals surface area (Å²) in [5, 5.41) is 14.4. The van der Waals surface area contributed by atoms with Crippen LogP contribution in [0.5, 0.6) is 0 Å². The van der Waals surface area contributed by atoms with Gasteiger partial charge in [-0.05, 0) is 111 Å². The van der Waals surface area contributed by atoms with E-state index in [1.165, 1.54) is 0 Å². The van der Waals surface area contributed by atoms with Crippen LogP contribution in [0, 0.1) is 11.3 Å². The van der Waals surface area contributed by atoms with Crippen molar-refractivity contribution in [1.82, 2.24) is 0 Å². The molecule has 7 aromatic carbocycles. The van der Waals surface area contributed by atoms with E-state index in [-0.39, 0.29) is 0 Å². The summed E-state index contributed by atoms with van der Waals surface area (Å²) in [5.41, 5.74) is 12.5. The van der Waals surface area contributed by atoms with Crippen molar-refractivity contribution in [3.05, 3.63) is 157 Å². The van der Waals surface area contributed by atoms with Crippen molar-refractivity contribution in [3.8, 4) is 50.6 Å². The summed E-state index contributed by atoms with van der Waals surface area (Å²) in [4.78, 5) is 0. The molecule has 3 nitrogen and oxygen atoms in total. The van der Waals surface area contributed by atoms with E-state index in [1.807, 2.05) is 66.7 Å². The predicted octanol–water partition coefficient (Wildman–Crippen LogP) is 12.0. The van der Waals surface area contributed by atoms with Crippen molar-refractivity contribution in [3.63, 3.8) is 0 Å². The minimum Gasteiger partial charge on any atom is -0.456 e. The monoisotopic (exact) mass is 587 g/mol. The fourth-order valence-electron chi connectivity index (χ4n) is 6.69. The van der Waals surface area contributed by atoms with Gasteiger partial charge in [-0.15, -0.1) is 0 Å². The van der Waals surface area contributed by atoms with Crippen molar-refractivity contribution in [2.75, 3.05) is 0 Å². The highest BCUT2D eigenvalue weighted by atomic mass is 16.3. The van der Waals surface area contributed by atoms with Crippen molar-refractivity contribution in [1.29, 1.82) is 5.26 Å². The number of fused-ring (bicyclic) bond motifs is 6. The van der Waals surface area contributed by atoms with E-state index < -0.39 is 0 Å². The van der Waals surface area contributed by atoms with Crippen LogP contribution in [-0.2, 0) is 0 Å². The molecule has 2 aromatic heterocycles. The minimum atomic E-state index is 0.623. The average Bonchev–Trinajstić information content (AvgIpc) is 3.70. The number of hydrogen-bond donors (Lipinski definition) is 0. The van der Waals surface area contributed by atoms with Gasteiger partial charge < -0.3 is 8.83 Å². The molecule has 0 unspecified atom stereocenters. The third-order valence-electron chi connectivity index (χ3n) is 8.86. The Bertz CT molecular complexity index is 2650. The van der Waals surface area contributed by atoms with Crippen LogP contribution in [0.4, 0.5) is 0 Å². The first kappa shape index (κ1) is 26.1. The van der Waals surface area contributed by atoms with Crippen LogP contribution < -0.4 is 0 Å². The Morgan fingerprint density at radius 3 is 1.72 bits per heavy atom. The van der Waals surface area contributed by atoms with E-state index in [9.17, 15) is 5.26 Å². The highest BCUT2D eigenvalue weighted by Gasteiger charge is 2.16. The maximum absolute atomic E-state index is 10.0. The summed E-state index contributed by atoms with van der Waals surface area (Å²) in [5.74, 6) is 0. The molecule has 0 N–H and O–H groups in total. The lowest BCUT2D eigenvalue weighted by Crippen LogP contribution is -1.89. The predicted molar refractivity (Wildman–Crippen MR) is 187 cm³/mol. The molecule has 9 rings (SSSR count). The second-order valence-electron chi connectivity index (χ2n) is 11.7. The second kappa shape index (κ2) is 10.4. The van der Waals surface area contributed by atoms with Crippen molar-refractivity contribution >= 4 is 43.9 Å². The van der Waals surface area contributed by atoms with Crippen LogP contribution in [0.1, 0.15) is 5.56 Å². The van der Waals surface area contributed by atoms with Gasteiger partial charge >= 0.3 is 0 Å². The van der Waals surface area contributed by atoms with Gasteiger partial charge in [-0.25, -0.2) is 0 Å². The van der Waals surface area contributed by atoms with E-state index >= 15 is 0 Å². The summed E-state index contributed by atoms with van der Waals surface area (Å²) >= 11 is 0. The van der Waals surface area contributed by atoms with Crippen LogP contribution in [0.15, 0.2) is 160 Å². The fourth-order valence-corrected chi connectivity index (χ4v) is 6.69. The van der Waals surface area contributed by atoms with E-state index in [1.54, 1.807) is 0 Å². The Morgan fingerprint density at radius 1 is 0.370 bits per heavy atom. The Morgan fingerprint density at radius 2 is 0.935 bits per heavy atom. The summed E-state index contributed by atoms with van der Waals surface area (Å²) in [7, 11) is 0. The number of benzene rings is 7. The molecular weight excluding hydrogens is 562 g/mol. The number of hydrogen-bond acceptors (Lipinski definition) is 3. The maximum atomic E-state index is 10.0. The van der Waals surface area contributed by atoms with Crippen LogP contribution >= 0.6 is 0 Å². The first-order chi connectivity index (χ1) is 22.7. The van der Waals surface area contributed by atoms with Gasteiger partial charge in [0.05, 0.1) is 11.6 Å². The van der Waals surface area contributed by atoms with Crippen LogP contribution in [0.2, 0.25) is 0 Å². The SMILES string of the molecule is N#Cc1cc(-c2ccccc2)cc(-c2cc(-c3ccc4oc5ccccc5c4c3)cc(-c3cccc4oc5ccccc5c34)c2)c1. The molecule has 0 saturated heterocycles. The summed E-state index contributed by atoms with van der Waals surface area (Å²) < 4.78 is 12.4. The standard InChI is InChI=1S/C43H25NO2/c44-26-27-19-30(28-9-2-1-3-10-28)21-31(20-27)33-22-32(29-17-18-41-38(25-29)36-11-4-6-14-39(36)45-41)23-34(24-33)35-13-8-16-42-43(35)37-12-5-7-15-40(37)46-42/h1-25H. The van der Waals surface area contributed by atoms with Crippen LogP contribution in [0.3, 0.4) is 0 Å².